The predicted octanol–water partition coefficient (Wildman–Crippen LogP) is 5.98. The molecule has 0 aromatic heterocycles. The number of fused-ring (bicyclic) bond motifs is 1. The summed E-state index contributed by atoms with van der Waals surface area (Å²) in [7, 11) is 0. The zero-order valence-electron chi connectivity index (χ0n) is 22.2. The maximum atomic E-state index is 14.4. The van der Waals surface area contributed by atoms with Crippen LogP contribution >= 0.6 is 0 Å². The van der Waals surface area contributed by atoms with Crippen molar-refractivity contribution in [3.05, 3.63) is 59.9 Å². The first-order valence-electron chi connectivity index (χ1n) is 13.7. The first-order chi connectivity index (χ1) is 18.6. The van der Waals surface area contributed by atoms with Crippen LogP contribution in [0, 0.1) is 11.2 Å². The first kappa shape index (κ1) is 27.2. The van der Waals surface area contributed by atoms with Crippen LogP contribution in [0.2, 0.25) is 0 Å². The lowest BCUT2D eigenvalue weighted by molar-refractivity contribution is -0.135. The van der Waals surface area contributed by atoms with Crippen molar-refractivity contribution in [1.29, 1.82) is 0 Å². The van der Waals surface area contributed by atoms with E-state index in [4.69, 9.17) is 0 Å². The van der Waals surface area contributed by atoms with Crippen LogP contribution in [0.15, 0.2) is 48.5 Å². The van der Waals surface area contributed by atoms with E-state index in [2.05, 4.69) is 0 Å². The van der Waals surface area contributed by atoms with Gasteiger partial charge in [0, 0.05) is 56.0 Å². The molecular weight excluding hydrogens is 507 g/mol. The highest BCUT2D eigenvalue weighted by molar-refractivity contribution is 5.98. The molecule has 0 unspecified atom stereocenters. The van der Waals surface area contributed by atoms with Crippen molar-refractivity contribution >= 4 is 29.1 Å². The van der Waals surface area contributed by atoms with E-state index in [0.29, 0.717) is 50.0 Å². The number of para-hydroxylation sites is 1. The van der Waals surface area contributed by atoms with Gasteiger partial charge in [-0.3, -0.25) is 14.5 Å². The van der Waals surface area contributed by atoms with E-state index in [1.54, 1.807) is 46.2 Å². The van der Waals surface area contributed by atoms with Crippen LogP contribution in [0.4, 0.5) is 29.3 Å². The zero-order chi connectivity index (χ0) is 27.8. The van der Waals surface area contributed by atoms with Crippen LogP contribution in [0.5, 0.6) is 0 Å². The molecule has 39 heavy (non-hydrogen) atoms. The van der Waals surface area contributed by atoms with Crippen LogP contribution in [-0.4, -0.2) is 54.2 Å². The van der Waals surface area contributed by atoms with E-state index in [9.17, 15) is 27.6 Å². The normalized spacial score (nSPS) is 21.8. The van der Waals surface area contributed by atoms with E-state index in [1.807, 2.05) is 0 Å². The van der Waals surface area contributed by atoms with Crippen molar-refractivity contribution in [2.45, 2.75) is 70.3 Å². The molecule has 5 rings (SSSR count). The number of Topliss-reactive ketones (excluding diaryl/α,β-unsaturated/α-hetero) is 1. The van der Waals surface area contributed by atoms with Crippen molar-refractivity contribution in [1.82, 2.24) is 4.90 Å². The molecule has 208 valence electrons. The summed E-state index contributed by atoms with van der Waals surface area (Å²) in [4.78, 5) is 44.9. The molecule has 1 saturated carbocycles. The quantitative estimate of drug-likeness (QED) is 0.468. The third-order valence-electron chi connectivity index (χ3n) is 8.68. The Morgan fingerprint density at radius 2 is 1.72 bits per heavy atom. The second-order valence-electron chi connectivity index (χ2n) is 11.2. The summed E-state index contributed by atoms with van der Waals surface area (Å²) < 4.78 is 42.6. The molecule has 1 atom stereocenters. The zero-order valence-corrected chi connectivity index (χ0v) is 22.2. The average Bonchev–Trinajstić information content (AvgIpc) is 3.32. The van der Waals surface area contributed by atoms with Crippen molar-refractivity contribution in [2.75, 3.05) is 29.4 Å². The van der Waals surface area contributed by atoms with Gasteiger partial charge in [-0.2, -0.15) is 0 Å². The van der Waals surface area contributed by atoms with Gasteiger partial charge in [-0.1, -0.05) is 24.3 Å². The number of carbonyl (C=O) groups excluding carboxylic acids is 3. The summed E-state index contributed by atoms with van der Waals surface area (Å²) >= 11 is 0. The molecule has 0 radical (unpaired) electrons. The van der Waals surface area contributed by atoms with Crippen molar-refractivity contribution in [3.8, 4) is 0 Å². The number of ketones is 1. The Morgan fingerprint density at radius 1 is 1.00 bits per heavy atom. The van der Waals surface area contributed by atoms with Gasteiger partial charge in [-0.15, -0.1) is 0 Å². The third-order valence-corrected chi connectivity index (χ3v) is 8.68. The Morgan fingerprint density at radius 3 is 2.38 bits per heavy atom. The molecule has 1 saturated heterocycles. The van der Waals surface area contributed by atoms with E-state index < -0.39 is 29.6 Å². The summed E-state index contributed by atoms with van der Waals surface area (Å²) in [5.41, 5.74) is 1.06. The molecule has 0 N–H and O–H groups in total. The molecule has 6 nitrogen and oxygen atoms in total. The number of likely N-dealkylation sites (tertiary alicyclic amines) is 1. The molecule has 2 aliphatic heterocycles. The molecule has 3 aliphatic rings. The number of hydrogen-bond donors (Lipinski definition) is 0. The second-order valence-corrected chi connectivity index (χ2v) is 11.2. The molecular formula is C30H34F3N3O3. The van der Waals surface area contributed by atoms with Crippen molar-refractivity contribution in [2.24, 2.45) is 5.41 Å². The minimum atomic E-state index is -2.84. The largest absolute Gasteiger partial charge is 0.324 e. The number of halogens is 3. The van der Waals surface area contributed by atoms with Gasteiger partial charge in [0.15, 0.2) is 0 Å². The smallest absolute Gasteiger partial charge is 0.324 e. The lowest BCUT2D eigenvalue weighted by Crippen LogP contribution is -2.53. The van der Waals surface area contributed by atoms with Crippen LogP contribution in [0.3, 0.4) is 0 Å². The van der Waals surface area contributed by atoms with E-state index in [0.717, 1.165) is 5.56 Å². The standard InChI is InChI=1S/C30H34F3N3O3/c1-21(37)29(13-16-34(17-14-29)28(39)35-15-11-22-9-10-23(31)18-26(22)35)20-27(38)36(24-6-3-2-4-7-24)25-8-5-12-30(32,33)19-25/h2-4,6-7,9-10,18,25H,5,8,11-17,19-20H2,1H3/t25-/m0/s1. The molecule has 0 spiro atoms. The molecule has 9 heteroatoms. The van der Waals surface area contributed by atoms with E-state index >= 15 is 0 Å². The van der Waals surface area contributed by atoms with Gasteiger partial charge in [0.05, 0.1) is 5.69 Å². The highest BCUT2D eigenvalue weighted by Gasteiger charge is 2.46. The number of amides is 3. The number of rotatable bonds is 5. The maximum Gasteiger partial charge on any atom is 0.324 e. The lowest BCUT2D eigenvalue weighted by Gasteiger charge is -2.43. The monoisotopic (exact) mass is 541 g/mol. The van der Waals surface area contributed by atoms with Crippen LogP contribution in [0.1, 0.15) is 57.4 Å². The topological polar surface area (TPSA) is 60.9 Å². The Kier molecular flexibility index (Phi) is 7.44. The number of piperidine rings is 1. The third kappa shape index (κ3) is 5.54. The van der Waals surface area contributed by atoms with Crippen molar-refractivity contribution < 1.29 is 27.6 Å². The van der Waals surface area contributed by atoms with E-state index in [1.165, 1.54) is 24.0 Å². The Bertz CT molecular complexity index is 1240. The predicted molar refractivity (Wildman–Crippen MR) is 143 cm³/mol. The van der Waals surface area contributed by atoms with Gasteiger partial charge in [-0.25, -0.2) is 18.0 Å². The summed E-state index contributed by atoms with van der Waals surface area (Å²) in [6, 6.07) is 12.4. The highest BCUT2D eigenvalue weighted by Crippen LogP contribution is 2.41. The second kappa shape index (κ2) is 10.7. The van der Waals surface area contributed by atoms with Gasteiger partial charge < -0.3 is 9.80 Å². The molecule has 2 aromatic rings. The SMILES string of the molecule is CC(=O)C1(CC(=O)N(c2ccccc2)[C@H]2CCCC(F)(F)C2)CCN(C(=O)N2CCc3ccc(F)cc32)CC1. The molecule has 3 amide bonds. The fraction of sp³-hybridized carbons (Fsp3) is 0.500. The minimum absolute atomic E-state index is 0.0981. The average molecular weight is 542 g/mol. The maximum absolute atomic E-state index is 14.4. The minimum Gasteiger partial charge on any atom is -0.324 e. The number of anilines is 2. The van der Waals surface area contributed by atoms with Gasteiger partial charge in [-0.05, 0) is 68.9 Å². The highest BCUT2D eigenvalue weighted by atomic mass is 19.3. The van der Waals surface area contributed by atoms with Crippen LogP contribution < -0.4 is 9.80 Å². The van der Waals surface area contributed by atoms with Crippen molar-refractivity contribution in [3.63, 3.8) is 0 Å². The Balaban J connectivity index is 1.32. The Hall–Kier alpha value is -3.36. The summed E-state index contributed by atoms with van der Waals surface area (Å²) in [6.45, 7) is 2.48. The lowest BCUT2D eigenvalue weighted by atomic mass is 9.72. The van der Waals surface area contributed by atoms with Crippen LogP contribution in [0.25, 0.3) is 0 Å². The summed E-state index contributed by atoms with van der Waals surface area (Å²) in [5, 5.41) is 0. The number of carbonyl (C=O) groups is 3. The van der Waals surface area contributed by atoms with Gasteiger partial charge >= 0.3 is 6.03 Å². The Labute approximate surface area is 226 Å². The number of nitrogens with zero attached hydrogens (tertiary/aromatic N) is 3. The summed E-state index contributed by atoms with van der Waals surface area (Å²) in [6.07, 6.45) is 1.36. The molecule has 2 aromatic carbocycles. The molecule has 0 bridgehead atoms. The van der Waals surface area contributed by atoms with Gasteiger partial charge in [0.1, 0.15) is 11.6 Å². The first-order valence-corrected chi connectivity index (χ1v) is 13.7. The fourth-order valence-corrected chi connectivity index (χ4v) is 6.39. The van der Waals surface area contributed by atoms with E-state index in [-0.39, 0.29) is 43.7 Å². The number of benzene rings is 2. The number of urea groups is 1. The fourth-order valence-electron chi connectivity index (χ4n) is 6.39. The molecule has 1 aliphatic carbocycles. The molecule has 2 fully saturated rings. The summed E-state index contributed by atoms with van der Waals surface area (Å²) in [5.74, 6) is -3.72. The van der Waals surface area contributed by atoms with Gasteiger partial charge in [0.25, 0.3) is 0 Å². The van der Waals surface area contributed by atoms with Gasteiger partial charge in [0.2, 0.25) is 11.8 Å². The number of hydrogen-bond acceptors (Lipinski definition) is 3. The number of alkyl halides is 2. The van der Waals surface area contributed by atoms with Crippen LogP contribution in [-0.2, 0) is 16.0 Å². The molecule has 2 heterocycles.